The highest BCUT2D eigenvalue weighted by atomic mass is 16.3. The van der Waals surface area contributed by atoms with E-state index in [1.165, 1.54) is 0 Å². The summed E-state index contributed by atoms with van der Waals surface area (Å²) in [5, 5.41) is 19.6. The third kappa shape index (κ3) is 3.58. The normalized spacial score (nSPS) is 15.5. The molecule has 0 saturated carbocycles. The molecule has 4 heteroatoms. The van der Waals surface area contributed by atoms with Gasteiger partial charge in [-0.05, 0) is 33.8 Å². The van der Waals surface area contributed by atoms with Crippen molar-refractivity contribution < 1.29 is 5.11 Å². The van der Waals surface area contributed by atoms with Crippen LogP contribution in [0.4, 0.5) is 0 Å². The number of nitrogens with one attached hydrogen (secondary N) is 1. The van der Waals surface area contributed by atoms with E-state index in [-0.39, 0.29) is 5.54 Å². The van der Waals surface area contributed by atoms with Gasteiger partial charge in [0.25, 0.3) is 0 Å². The second kappa shape index (κ2) is 5.19. The summed E-state index contributed by atoms with van der Waals surface area (Å²) in [5.74, 6) is 0. The van der Waals surface area contributed by atoms with Crippen LogP contribution in [0.1, 0.15) is 33.4 Å². The summed E-state index contributed by atoms with van der Waals surface area (Å²) < 4.78 is 1.87. The zero-order valence-corrected chi connectivity index (χ0v) is 13.1. The second-order valence-electron chi connectivity index (χ2n) is 6.86. The molecule has 0 aliphatic carbocycles. The first-order chi connectivity index (χ1) is 9.18. The van der Waals surface area contributed by atoms with Gasteiger partial charge in [-0.15, -0.1) is 0 Å². The van der Waals surface area contributed by atoms with E-state index in [4.69, 9.17) is 0 Å². The Morgan fingerprint density at radius 1 is 1.20 bits per heavy atom. The molecule has 1 heterocycles. The van der Waals surface area contributed by atoms with Crippen molar-refractivity contribution in [1.29, 1.82) is 0 Å². The summed E-state index contributed by atoms with van der Waals surface area (Å²) in [6.07, 6.45) is 0.539. The van der Waals surface area contributed by atoms with Crippen LogP contribution < -0.4 is 5.32 Å². The molecule has 4 nitrogen and oxygen atoms in total. The molecule has 1 unspecified atom stereocenters. The van der Waals surface area contributed by atoms with Crippen molar-refractivity contribution in [2.45, 2.75) is 45.3 Å². The Bertz CT molecular complexity index is 593. The maximum atomic E-state index is 10.6. The molecule has 2 aromatic rings. The maximum absolute atomic E-state index is 10.6. The minimum atomic E-state index is -0.815. The van der Waals surface area contributed by atoms with Crippen molar-refractivity contribution in [2.24, 2.45) is 7.05 Å². The van der Waals surface area contributed by atoms with E-state index in [0.29, 0.717) is 13.0 Å². The average Bonchev–Trinajstić information content (AvgIpc) is 2.64. The van der Waals surface area contributed by atoms with E-state index in [1.807, 2.05) is 36.9 Å². The van der Waals surface area contributed by atoms with E-state index < -0.39 is 5.60 Å². The Hall–Kier alpha value is -1.39. The highest BCUT2D eigenvalue weighted by Gasteiger charge is 2.25. The minimum absolute atomic E-state index is 0.00380. The van der Waals surface area contributed by atoms with E-state index in [9.17, 15) is 5.11 Å². The predicted molar refractivity (Wildman–Crippen MR) is 82.8 cm³/mol. The Morgan fingerprint density at radius 3 is 2.50 bits per heavy atom. The van der Waals surface area contributed by atoms with Crippen LogP contribution in [-0.4, -0.2) is 32.6 Å². The van der Waals surface area contributed by atoms with Gasteiger partial charge in [0.1, 0.15) is 0 Å². The van der Waals surface area contributed by atoms with E-state index in [1.54, 1.807) is 0 Å². The summed E-state index contributed by atoms with van der Waals surface area (Å²) in [6, 6.07) is 8.13. The number of fused-ring (bicyclic) bond motifs is 1. The fourth-order valence-corrected chi connectivity index (χ4v) is 2.30. The molecule has 1 aromatic carbocycles. The zero-order chi connectivity index (χ0) is 15.0. The number of rotatable bonds is 4. The van der Waals surface area contributed by atoms with Gasteiger partial charge in [0.05, 0.1) is 16.8 Å². The summed E-state index contributed by atoms with van der Waals surface area (Å²) in [7, 11) is 1.94. The van der Waals surface area contributed by atoms with Crippen LogP contribution >= 0.6 is 0 Å². The maximum Gasteiger partial charge on any atom is 0.0799 e. The average molecular weight is 275 g/mol. The van der Waals surface area contributed by atoms with Crippen molar-refractivity contribution in [1.82, 2.24) is 15.1 Å². The molecule has 1 aromatic heterocycles. The van der Waals surface area contributed by atoms with Crippen molar-refractivity contribution in [3.8, 4) is 0 Å². The lowest BCUT2D eigenvalue weighted by molar-refractivity contribution is 0.0527. The topological polar surface area (TPSA) is 50.1 Å². The minimum Gasteiger partial charge on any atom is -0.388 e. The fraction of sp³-hybridized carbons (Fsp3) is 0.562. The van der Waals surface area contributed by atoms with Gasteiger partial charge >= 0.3 is 0 Å². The third-order valence-electron chi connectivity index (χ3n) is 3.38. The van der Waals surface area contributed by atoms with Crippen LogP contribution in [0.3, 0.4) is 0 Å². The van der Waals surface area contributed by atoms with Crippen LogP contribution in [-0.2, 0) is 13.5 Å². The lowest BCUT2D eigenvalue weighted by atomic mass is 9.96. The number of nitrogens with zero attached hydrogens (tertiary/aromatic N) is 2. The third-order valence-corrected chi connectivity index (χ3v) is 3.38. The van der Waals surface area contributed by atoms with Crippen LogP contribution in [0, 0.1) is 0 Å². The van der Waals surface area contributed by atoms with Crippen molar-refractivity contribution in [3.63, 3.8) is 0 Å². The summed E-state index contributed by atoms with van der Waals surface area (Å²) in [6.45, 7) is 8.69. The fourth-order valence-electron chi connectivity index (χ4n) is 2.30. The van der Waals surface area contributed by atoms with Gasteiger partial charge in [0, 0.05) is 30.9 Å². The molecule has 0 saturated heterocycles. The van der Waals surface area contributed by atoms with E-state index >= 15 is 0 Å². The number of benzene rings is 1. The summed E-state index contributed by atoms with van der Waals surface area (Å²) in [5.41, 5.74) is 1.23. The number of β-amino-alcohol motifs (C(OH)–C–C–N with tert-alkyl or cyclic N) is 1. The van der Waals surface area contributed by atoms with Gasteiger partial charge in [-0.1, -0.05) is 18.2 Å². The SMILES string of the molecule is Cn1nc(CC(C)(O)CNC(C)(C)C)c2ccccc21. The molecule has 0 bridgehead atoms. The molecular weight excluding hydrogens is 250 g/mol. The van der Waals surface area contributed by atoms with Crippen molar-refractivity contribution in [2.75, 3.05) is 6.54 Å². The van der Waals surface area contributed by atoms with Crippen LogP contribution in [0.25, 0.3) is 10.9 Å². The lowest BCUT2D eigenvalue weighted by Crippen LogP contribution is -2.47. The van der Waals surface area contributed by atoms with Crippen LogP contribution in [0.15, 0.2) is 24.3 Å². The Morgan fingerprint density at radius 2 is 1.85 bits per heavy atom. The van der Waals surface area contributed by atoms with Crippen LogP contribution in [0.5, 0.6) is 0 Å². The van der Waals surface area contributed by atoms with Gasteiger partial charge in [0.2, 0.25) is 0 Å². The number of hydrogen-bond donors (Lipinski definition) is 2. The molecule has 0 spiro atoms. The standard InChI is InChI=1S/C16H25N3O/c1-15(2,3)17-11-16(4,20)10-13-12-8-6-7-9-14(12)19(5)18-13/h6-9,17,20H,10-11H2,1-5H3. The number of aliphatic hydroxyl groups is 1. The largest absolute Gasteiger partial charge is 0.388 e. The first kappa shape index (κ1) is 15.0. The smallest absolute Gasteiger partial charge is 0.0799 e. The van der Waals surface area contributed by atoms with Crippen LogP contribution in [0.2, 0.25) is 0 Å². The molecular formula is C16H25N3O. The number of para-hydroxylation sites is 1. The highest BCUT2D eigenvalue weighted by molar-refractivity contribution is 5.81. The number of hydrogen-bond acceptors (Lipinski definition) is 3. The first-order valence-corrected chi connectivity index (χ1v) is 7.06. The molecule has 2 rings (SSSR count). The Kier molecular flexibility index (Phi) is 3.89. The van der Waals surface area contributed by atoms with E-state index in [2.05, 4.69) is 37.3 Å². The molecule has 0 radical (unpaired) electrons. The second-order valence-corrected chi connectivity index (χ2v) is 6.86. The summed E-state index contributed by atoms with van der Waals surface area (Å²) in [4.78, 5) is 0. The zero-order valence-electron chi connectivity index (χ0n) is 13.1. The molecule has 1 atom stereocenters. The molecule has 0 aliphatic heterocycles. The Balaban J connectivity index is 2.19. The molecule has 110 valence electrons. The highest BCUT2D eigenvalue weighted by Crippen LogP contribution is 2.22. The number of aryl methyl sites for hydroxylation is 1. The predicted octanol–water partition coefficient (Wildman–Crippen LogP) is 2.25. The number of aromatic nitrogens is 2. The molecule has 20 heavy (non-hydrogen) atoms. The van der Waals surface area contributed by atoms with Gasteiger partial charge in [-0.25, -0.2) is 0 Å². The van der Waals surface area contributed by atoms with Gasteiger partial charge < -0.3 is 10.4 Å². The lowest BCUT2D eigenvalue weighted by Gasteiger charge is -2.29. The summed E-state index contributed by atoms with van der Waals surface area (Å²) >= 11 is 0. The van der Waals surface area contributed by atoms with Gasteiger partial charge in [-0.2, -0.15) is 5.10 Å². The Labute approximate surface area is 120 Å². The van der Waals surface area contributed by atoms with Crippen molar-refractivity contribution >= 4 is 10.9 Å². The molecule has 2 N–H and O–H groups in total. The molecule has 0 fully saturated rings. The first-order valence-electron chi connectivity index (χ1n) is 7.06. The van der Waals surface area contributed by atoms with E-state index in [0.717, 1.165) is 16.6 Å². The monoisotopic (exact) mass is 275 g/mol. The van der Waals surface area contributed by atoms with Gasteiger partial charge in [-0.3, -0.25) is 4.68 Å². The van der Waals surface area contributed by atoms with Gasteiger partial charge in [0.15, 0.2) is 0 Å². The van der Waals surface area contributed by atoms with Crippen molar-refractivity contribution in [3.05, 3.63) is 30.0 Å². The molecule has 0 amide bonds. The quantitative estimate of drug-likeness (QED) is 0.900. The molecule has 0 aliphatic rings.